The molecule has 30 heavy (non-hydrogen) atoms. The Bertz CT molecular complexity index is 932. The lowest BCUT2D eigenvalue weighted by atomic mass is 10.0. The lowest BCUT2D eigenvalue weighted by Crippen LogP contribution is -2.14. The van der Waals surface area contributed by atoms with Gasteiger partial charge in [-0.3, -0.25) is 4.79 Å². The maximum atomic E-state index is 11.8. The molecule has 4 heteroatoms. The molecule has 0 spiro atoms. The SMILES string of the molecule is CCOC(=O)C(C)CCCCCn1c(C)nc(-c2ccccc2)c1-c1ccccc1. The maximum absolute atomic E-state index is 11.8. The number of carbonyl (C=O) groups excluding carboxylic acids is 1. The molecule has 0 aliphatic heterocycles. The van der Waals surface area contributed by atoms with E-state index in [1.54, 1.807) is 0 Å². The summed E-state index contributed by atoms with van der Waals surface area (Å²) in [6.07, 6.45) is 4.04. The van der Waals surface area contributed by atoms with Crippen molar-refractivity contribution in [3.8, 4) is 22.5 Å². The highest BCUT2D eigenvalue weighted by atomic mass is 16.5. The van der Waals surface area contributed by atoms with Crippen molar-refractivity contribution >= 4 is 5.97 Å². The van der Waals surface area contributed by atoms with Crippen LogP contribution < -0.4 is 0 Å². The second-order valence-corrected chi connectivity index (χ2v) is 7.74. The number of ether oxygens (including phenoxy) is 1. The minimum atomic E-state index is -0.0816. The fourth-order valence-electron chi connectivity index (χ4n) is 3.82. The summed E-state index contributed by atoms with van der Waals surface area (Å²) >= 11 is 0. The molecule has 0 amide bonds. The number of aromatic nitrogens is 2. The third-order valence-electron chi connectivity index (χ3n) is 5.46. The third-order valence-corrected chi connectivity index (χ3v) is 5.46. The zero-order valence-corrected chi connectivity index (χ0v) is 18.3. The molecule has 1 heterocycles. The van der Waals surface area contributed by atoms with Crippen molar-refractivity contribution in [1.82, 2.24) is 9.55 Å². The van der Waals surface area contributed by atoms with Crippen LogP contribution in [0.5, 0.6) is 0 Å². The molecule has 158 valence electrons. The second-order valence-electron chi connectivity index (χ2n) is 7.74. The van der Waals surface area contributed by atoms with Crippen LogP contribution in [0.4, 0.5) is 0 Å². The molecule has 3 aromatic rings. The van der Waals surface area contributed by atoms with E-state index in [-0.39, 0.29) is 11.9 Å². The minimum absolute atomic E-state index is 0.0236. The first-order chi connectivity index (χ1) is 14.6. The van der Waals surface area contributed by atoms with E-state index in [0.29, 0.717) is 6.61 Å². The van der Waals surface area contributed by atoms with E-state index < -0.39 is 0 Å². The van der Waals surface area contributed by atoms with Gasteiger partial charge in [-0.1, -0.05) is 80.4 Å². The van der Waals surface area contributed by atoms with Gasteiger partial charge in [0, 0.05) is 17.7 Å². The number of unbranched alkanes of at least 4 members (excludes halogenated alkanes) is 2. The highest BCUT2D eigenvalue weighted by molar-refractivity contribution is 5.79. The average molecular weight is 405 g/mol. The smallest absolute Gasteiger partial charge is 0.308 e. The third kappa shape index (κ3) is 5.38. The molecule has 1 unspecified atom stereocenters. The van der Waals surface area contributed by atoms with Gasteiger partial charge in [-0.05, 0) is 26.7 Å². The summed E-state index contributed by atoms with van der Waals surface area (Å²) in [5.74, 6) is 0.930. The molecule has 0 aliphatic carbocycles. The van der Waals surface area contributed by atoms with Crippen LogP contribution in [-0.4, -0.2) is 22.1 Å². The first-order valence-corrected chi connectivity index (χ1v) is 11.0. The van der Waals surface area contributed by atoms with Crippen LogP contribution >= 0.6 is 0 Å². The summed E-state index contributed by atoms with van der Waals surface area (Å²) in [4.78, 5) is 16.7. The van der Waals surface area contributed by atoms with Crippen LogP contribution in [0.3, 0.4) is 0 Å². The summed E-state index contributed by atoms with van der Waals surface area (Å²) in [5, 5.41) is 0. The van der Waals surface area contributed by atoms with E-state index in [4.69, 9.17) is 9.72 Å². The first kappa shape index (κ1) is 21.8. The van der Waals surface area contributed by atoms with E-state index in [2.05, 4.69) is 60.0 Å². The van der Waals surface area contributed by atoms with Gasteiger partial charge < -0.3 is 9.30 Å². The maximum Gasteiger partial charge on any atom is 0.308 e. The Kier molecular flexibility index (Phi) is 7.83. The van der Waals surface area contributed by atoms with Crippen LogP contribution in [0.2, 0.25) is 0 Å². The van der Waals surface area contributed by atoms with Gasteiger partial charge in [0.05, 0.1) is 23.9 Å². The van der Waals surface area contributed by atoms with Gasteiger partial charge in [0.1, 0.15) is 5.82 Å². The Morgan fingerprint density at radius 2 is 1.60 bits per heavy atom. The van der Waals surface area contributed by atoms with E-state index in [1.165, 1.54) is 11.3 Å². The minimum Gasteiger partial charge on any atom is -0.466 e. The largest absolute Gasteiger partial charge is 0.466 e. The Labute approximate surface area is 179 Å². The van der Waals surface area contributed by atoms with Crippen molar-refractivity contribution in [1.29, 1.82) is 0 Å². The van der Waals surface area contributed by atoms with Gasteiger partial charge in [-0.15, -0.1) is 0 Å². The van der Waals surface area contributed by atoms with E-state index >= 15 is 0 Å². The van der Waals surface area contributed by atoms with Crippen LogP contribution in [-0.2, 0) is 16.1 Å². The number of nitrogens with zero attached hydrogens (tertiary/aromatic N) is 2. The molecule has 1 aromatic heterocycles. The molecular weight excluding hydrogens is 372 g/mol. The Hall–Kier alpha value is -2.88. The van der Waals surface area contributed by atoms with E-state index in [9.17, 15) is 4.79 Å². The number of carbonyl (C=O) groups is 1. The van der Waals surface area contributed by atoms with Crippen molar-refractivity contribution in [3.05, 3.63) is 66.5 Å². The molecular formula is C26H32N2O2. The number of hydrogen-bond acceptors (Lipinski definition) is 3. The van der Waals surface area contributed by atoms with Gasteiger partial charge in [0.25, 0.3) is 0 Å². The summed E-state index contributed by atoms with van der Waals surface area (Å²) in [5.41, 5.74) is 4.55. The van der Waals surface area contributed by atoms with Crippen LogP contribution in [0, 0.1) is 12.8 Å². The topological polar surface area (TPSA) is 44.1 Å². The molecule has 0 aliphatic rings. The summed E-state index contributed by atoms with van der Waals surface area (Å²) in [7, 11) is 0. The number of aryl methyl sites for hydroxylation is 1. The predicted octanol–water partition coefficient (Wildman–Crippen LogP) is 6.29. The monoisotopic (exact) mass is 404 g/mol. The molecule has 0 N–H and O–H groups in total. The summed E-state index contributed by atoms with van der Waals surface area (Å²) in [6, 6.07) is 20.9. The molecule has 2 aromatic carbocycles. The van der Waals surface area contributed by atoms with Crippen molar-refractivity contribution < 1.29 is 9.53 Å². The summed E-state index contributed by atoms with van der Waals surface area (Å²) in [6.45, 7) is 7.27. The molecule has 4 nitrogen and oxygen atoms in total. The normalized spacial score (nSPS) is 12.0. The molecule has 0 saturated heterocycles. The molecule has 0 fully saturated rings. The first-order valence-electron chi connectivity index (χ1n) is 11.0. The highest BCUT2D eigenvalue weighted by Gasteiger charge is 2.18. The van der Waals surface area contributed by atoms with Gasteiger partial charge in [0.2, 0.25) is 0 Å². The quantitative estimate of drug-likeness (QED) is 0.295. The number of hydrogen-bond donors (Lipinski definition) is 0. The van der Waals surface area contributed by atoms with Crippen LogP contribution in [0.25, 0.3) is 22.5 Å². The van der Waals surface area contributed by atoms with E-state index in [0.717, 1.165) is 49.3 Å². The zero-order valence-electron chi connectivity index (χ0n) is 18.3. The number of rotatable bonds is 10. The molecule has 3 rings (SSSR count). The fourth-order valence-corrected chi connectivity index (χ4v) is 3.82. The van der Waals surface area contributed by atoms with Crippen molar-refractivity contribution in [2.45, 2.75) is 53.0 Å². The molecule has 0 saturated carbocycles. The van der Waals surface area contributed by atoms with Gasteiger partial charge in [0.15, 0.2) is 0 Å². The average Bonchev–Trinajstić information content (AvgIpc) is 3.11. The Balaban J connectivity index is 1.72. The molecule has 0 radical (unpaired) electrons. The van der Waals surface area contributed by atoms with Gasteiger partial charge in [-0.2, -0.15) is 0 Å². The molecule has 1 atom stereocenters. The van der Waals surface area contributed by atoms with Gasteiger partial charge in [-0.25, -0.2) is 4.98 Å². The number of esters is 1. The number of imidazole rings is 1. The van der Waals surface area contributed by atoms with Gasteiger partial charge >= 0.3 is 5.97 Å². The molecule has 0 bridgehead atoms. The van der Waals surface area contributed by atoms with E-state index in [1.807, 2.05) is 26.0 Å². The Morgan fingerprint density at radius 1 is 0.967 bits per heavy atom. The van der Waals surface area contributed by atoms with Crippen LogP contribution in [0.1, 0.15) is 45.4 Å². The van der Waals surface area contributed by atoms with Crippen molar-refractivity contribution in [3.63, 3.8) is 0 Å². The predicted molar refractivity (Wildman–Crippen MR) is 122 cm³/mol. The second kappa shape index (κ2) is 10.8. The Morgan fingerprint density at radius 3 is 2.23 bits per heavy atom. The van der Waals surface area contributed by atoms with Crippen molar-refractivity contribution in [2.75, 3.05) is 6.61 Å². The van der Waals surface area contributed by atoms with Crippen molar-refractivity contribution in [2.24, 2.45) is 5.92 Å². The fraction of sp³-hybridized carbons (Fsp3) is 0.385. The number of benzene rings is 2. The highest BCUT2D eigenvalue weighted by Crippen LogP contribution is 2.33. The van der Waals surface area contributed by atoms with Crippen LogP contribution in [0.15, 0.2) is 60.7 Å². The lowest BCUT2D eigenvalue weighted by Gasteiger charge is -2.13. The summed E-state index contributed by atoms with van der Waals surface area (Å²) < 4.78 is 7.44. The zero-order chi connectivity index (χ0) is 21.3. The standard InChI is InChI=1S/C26H32N2O2/c1-4-30-26(29)20(2)14-8-7-13-19-28-21(3)27-24(22-15-9-5-10-16-22)25(28)23-17-11-6-12-18-23/h5-6,9-12,15-18,20H,4,7-8,13-14,19H2,1-3H3. The lowest BCUT2D eigenvalue weighted by molar-refractivity contribution is -0.147.